The van der Waals surface area contributed by atoms with Gasteiger partial charge in [-0.15, -0.1) is 0 Å². The Labute approximate surface area is 118 Å². The SMILES string of the molecule is CCn1ccnc1C(O)c1ccc(SC(F)(F)F)cc1. The Balaban J connectivity index is 2.17. The van der Waals surface area contributed by atoms with Crippen LogP contribution in [0, 0.1) is 0 Å². The number of nitrogens with zero attached hydrogens (tertiary/aromatic N) is 2. The molecule has 0 saturated heterocycles. The van der Waals surface area contributed by atoms with E-state index in [9.17, 15) is 18.3 Å². The zero-order valence-electron chi connectivity index (χ0n) is 10.6. The van der Waals surface area contributed by atoms with Crippen LogP contribution < -0.4 is 0 Å². The minimum absolute atomic E-state index is 0.0901. The van der Waals surface area contributed by atoms with Crippen molar-refractivity contribution in [2.24, 2.45) is 0 Å². The van der Waals surface area contributed by atoms with E-state index in [0.717, 1.165) is 0 Å². The summed E-state index contributed by atoms with van der Waals surface area (Å²) in [5.41, 5.74) is -3.80. The van der Waals surface area contributed by atoms with Crippen molar-refractivity contribution in [1.29, 1.82) is 0 Å². The molecule has 1 aromatic heterocycles. The molecule has 20 heavy (non-hydrogen) atoms. The van der Waals surface area contributed by atoms with Crippen LogP contribution in [0.15, 0.2) is 41.6 Å². The lowest BCUT2D eigenvalue weighted by Gasteiger charge is -2.13. The Morgan fingerprint density at radius 2 is 1.95 bits per heavy atom. The fourth-order valence-corrected chi connectivity index (χ4v) is 2.38. The maximum Gasteiger partial charge on any atom is 0.446 e. The lowest BCUT2D eigenvalue weighted by atomic mass is 10.1. The molecule has 0 aliphatic carbocycles. The molecule has 7 heteroatoms. The minimum atomic E-state index is -4.31. The smallest absolute Gasteiger partial charge is 0.380 e. The van der Waals surface area contributed by atoms with Gasteiger partial charge in [-0.1, -0.05) is 12.1 Å². The average molecular weight is 302 g/mol. The third-order valence-corrected chi connectivity index (χ3v) is 3.50. The first-order chi connectivity index (χ1) is 9.40. The summed E-state index contributed by atoms with van der Waals surface area (Å²) in [6, 6.07) is 5.65. The van der Waals surface area contributed by atoms with Crippen LogP contribution in [0.25, 0.3) is 0 Å². The third kappa shape index (κ3) is 3.55. The van der Waals surface area contributed by atoms with Crippen LogP contribution in [0.5, 0.6) is 0 Å². The summed E-state index contributed by atoms with van der Waals surface area (Å²) in [4.78, 5) is 4.16. The van der Waals surface area contributed by atoms with Crippen molar-refractivity contribution >= 4 is 11.8 Å². The molecule has 0 aliphatic heterocycles. The molecule has 0 amide bonds. The highest BCUT2D eigenvalue weighted by atomic mass is 32.2. The molecule has 108 valence electrons. The second kappa shape index (κ2) is 5.88. The topological polar surface area (TPSA) is 38.0 Å². The number of benzene rings is 1. The molecule has 2 aromatic rings. The predicted molar refractivity (Wildman–Crippen MR) is 70.3 cm³/mol. The van der Waals surface area contributed by atoms with E-state index in [1.807, 2.05) is 6.92 Å². The highest BCUT2D eigenvalue weighted by molar-refractivity contribution is 8.00. The maximum absolute atomic E-state index is 12.2. The third-order valence-electron chi connectivity index (χ3n) is 2.76. The number of aromatic nitrogens is 2. The van der Waals surface area contributed by atoms with Crippen LogP contribution in [-0.4, -0.2) is 20.2 Å². The molecule has 0 saturated carbocycles. The average Bonchev–Trinajstić information content (AvgIpc) is 2.85. The first kappa shape index (κ1) is 14.9. The van der Waals surface area contributed by atoms with Crippen molar-refractivity contribution in [3.8, 4) is 0 Å². The molecule has 0 fully saturated rings. The largest absolute Gasteiger partial charge is 0.446 e. The standard InChI is InChI=1S/C13H13F3N2OS/c1-2-18-8-7-17-12(18)11(19)9-3-5-10(6-4-9)20-13(14,15)16/h3-8,11,19H,2H2,1H3. The molecule has 1 atom stereocenters. The number of rotatable bonds is 4. The van der Waals surface area contributed by atoms with E-state index in [2.05, 4.69) is 4.98 Å². The molecule has 1 N–H and O–H groups in total. The van der Waals surface area contributed by atoms with Crippen molar-refractivity contribution in [2.45, 2.75) is 30.0 Å². The summed E-state index contributed by atoms with van der Waals surface area (Å²) in [7, 11) is 0. The number of hydrogen-bond donors (Lipinski definition) is 1. The fourth-order valence-electron chi connectivity index (χ4n) is 1.84. The van der Waals surface area contributed by atoms with Crippen molar-refractivity contribution < 1.29 is 18.3 Å². The van der Waals surface area contributed by atoms with Crippen molar-refractivity contribution in [1.82, 2.24) is 9.55 Å². The quantitative estimate of drug-likeness (QED) is 0.877. The fraction of sp³-hybridized carbons (Fsp3) is 0.308. The van der Waals surface area contributed by atoms with Crippen molar-refractivity contribution in [3.05, 3.63) is 48.0 Å². The van der Waals surface area contributed by atoms with E-state index in [1.54, 1.807) is 17.0 Å². The van der Waals surface area contributed by atoms with Gasteiger partial charge in [0.15, 0.2) is 0 Å². The van der Waals surface area contributed by atoms with Gasteiger partial charge >= 0.3 is 5.51 Å². The van der Waals surface area contributed by atoms with Crippen LogP contribution in [0.2, 0.25) is 0 Å². The molecular formula is C13H13F3N2OS. The zero-order valence-corrected chi connectivity index (χ0v) is 11.4. The number of aryl methyl sites for hydroxylation is 1. The van der Waals surface area contributed by atoms with Gasteiger partial charge in [0.05, 0.1) is 0 Å². The first-order valence-electron chi connectivity index (χ1n) is 5.95. The highest BCUT2D eigenvalue weighted by Crippen LogP contribution is 2.37. The molecule has 0 bridgehead atoms. The van der Waals surface area contributed by atoms with Crippen molar-refractivity contribution in [3.63, 3.8) is 0 Å². The first-order valence-corrected chi connectivity index (χ1v) is 6.77. The Morgan fingerprint density at radius 3 is 2.50 bits per heavy atom. The van der Waals surface area contributed by atoms with E-state index in [0.29, 0.717) is 17.9 Å². The van der Waals surface area contributed by atoms with Gasteiger partial charge in [-0.3, -0.25) is 0 Å². The number of aliphatic hydroxyl groups is 1. The summed E-state index contributed by atoms with van der Waals surface area (Å²) in [5.74, 6) is 0.476. The maximum atomic E-state index is 12.2. The number of imidazole rings is 1. The monoisotopic (exact) mass is 302 g/mol. The van der Waals surface area contributed by atoms with E-state index < -0.39 is 11.6 Å². The van der Waals surface area contributed by atoms with Crippen LogP contribution in [0.4, 0.5) is 13.2 Å². The Morgan fingerprint density at radius 1 is 1.30 bits per heavy atom. The van der Waals surface area contributed by atoms with Crippen LogP contribution in [-0.2, 0) is 6.54 Å². The number of halogens is 3. The van der Waals surface area contributed by atoms with Crippen LogP contribution in [0.3, 0.4) is 0 Å². The second-order valence-electron chi connectivity index (χ2n) is 4.09. The molecule has 0 radical (unpaired) electrons. The van der Waals surface area contributed by atoms with Gasteiger partial charge in [0.25, 0.3) is 0 Å². The summed E-state index contributed by atoms with van der Waals surface area (Å²) in [6.45, 7) is 2.58. The van der Waals surface area contributed by atoms with Gasteiger partial charge in [0.1, 0.15) is 11.9 Å². The number of thioether (sulfide) groups is 1. The molecule has 0 spiro atoms. The molecule has 1 unspecified atom stereocenters. The van der Waals surface area contributed by atoms with Gasteiger partial charge in [0, 0.05) is 23.8 Å². The highest BCUT2D eigenvalue weighted by Gasteiger charge is 2.29. The van der Waals surface area contributed by atoms with E-state index in [4.69, 9.17) is 0 Å². The van der Waals surface area contributed by atoms with E-state index in [1.165, 1.54) is 24.3 Å². The van der Waals surface area contributed by atoms with Gasteiger partial charge < -0.3 is 9.67 Å². The Bertz CT molecular complexity index is 566. The van der Waals surface area contributed by atoms with Gasteiger partial charge in [0.2, 0.25) is 0 Å². The molecular weight excluding hydrogens is 289 g/mol. The van der Waals surface area contributed by atoms with E-state index >= 15 is 0 Å². The summed E-state index contributed by atoms with van der Waals surface area (Å²) in [6.07, 6.45) is 2.37. The lowest BCUT2D eigenvalue weighted by molar-refractivity contribution is -0.0328. The molecule has 2 rings (SSSR count). The van der Waals surface area contributed by atoms with Gasteiger partial charge in [-0.25, -0.2) is 4.98 Å². The van der Waals surface area contributed by atoms with Crippen molar-refractivity contribution in [2.75, 3.05) is 0 Å². The number of hydrogen-bond acceptors (Lipinski definition) is 3. The summed E-state index contributed by atoms with van der Waals surface area (Å²) < 4.78 is 38.4. The number of alkyl halides is 3. The van der Waals surface area contributed by atoms with Crippen LogP contribution in [0.1, 0.15) is 24.4 Å². The summed E-state index contributed by atoms with van der Waals surface area (Å²) >= 11 is -0.176. The van der Waals surface area contributed by atoms with Gasteiger partial charge in [-0.05, 0) is 36.4 Å². The normalized spacial score (nSPS) is 13.4. The Kier molecular flexibility index (Phi) is 4.39. The Hall–Kier alpha value is -1.47. The predicted octanol–water partition coefficient (Wildman–Crippen LogP) is 3.60. The van der Waals surface area contributed by atoms with Crippen LogP contribution >= 0.6 is 11.8 Å². The molecule has 1 heterocycles. The molecule has 0 aliphatic rings. The zero-order chi connectivity index (χ0) is 14.8. The van der Waals surface area contributed by atoms with E-state index in [-0.39, 0.29) is 16.7 Å². The second-order valence-corrected chi connectivity index (χ2v) is 5.23. The minimum Gasteiger partial charge on any atom is -0.380 e. The molecule has 3 nitrogen and oxygen atoms in total. The van der Waals surface area contributed by atoms with Gasteiger partial charge in [-0.2, -0.15) is 13.2 Å². The lowest BCUT2D eigenvalue weighted by Crippen LogP contribution is -2.08. The molecule has 1 aromatic carbocycles. The number of aliphatic hydroxyl groups excluding tert-OH is 1. The summed E-state index contributed by atoms with van der Waals surface area (Å²) in [5, 5.41) is 10.2.